The van der Waals surface area contributed by atoms with E-state index in [9.17, 15) is 14.4 Å². The highest BCUT2D eigenvalue weighted by Crippen LogP contribution is 2.09. The lowest BCUT2D eigenvalue weighted by molar-refractivity contribution is -0.127. The van der Waals surface area contributed by atoms with E-state index >= 15 is 0 Å². The minimum Gasteiger partial charge on any atom is -0.354 e. The number of rotatable bonds is 6. The molecule has 0 saturated carbocycles. The smallest absolute Gasteiger partial charge is 0.241 e. The van der Waals surface area contributed by atoms with E-state index in [4.69, 9.17) is 0 Å². The first-order chi connectivity index (χ1) is 11.6. The van der Waals surface area contributed by atoms with E-state index < -0.39 is 0 Å². The Bertz CT molecular complexity index is 815. The minimum absolute atomic E-state index is 0.0590. The van der Waals surface area contributed by atoms with E-state index in [2.05, 4.69) is 10.4 Å². The minimum atomic E-state index is -0.163. The molecule has 0 radical (unpaired) electrons. The Kier molecular flexibility index (Phi) is 4.88. The molecule has 126 valence electrons. The third-order valence-electron chi connectivity index (χ3n) is 4.15. The number of carbonyl (C=O) groups excluding carboxylic acids is 2. The summed E-state index contributed by atoms with van der Waals surface area (Å²) in [6, 6.07) is 7.09. The molecule has 0 spiro atoms. The molecule has 0 bridgehead atoms. The van der Waals surface area contributed by atoms with Crippen LogP contribution < -0.4 is 10.7 Å². The molecule has 24 heavy (non-hydrogen) atoms. The maximum Gasteiger partial charge on any atom is 0.241 e. The van der Waals surface area contributed by atoms with Crippen molar-refractivity contribution in [2.45, 2.75) is 25.8 Å². The monoisotopic (exact) mass is 328 g/mol. The molecule has 0 unspecified atom stereocenters. The molecule has 7 heteroatoms. The molecule has 1 aromatic heterocycles. The normalized spacial score (nSPS) is 14.3. The van der Waals surface area contributed by atoms with Crippen molar-refractivity contribution >= 4 is 22.7 Å². The summed E-state index contributed by atoms with van der Waals surface area (Å²) in [6.45, 7) is 2.07. The van der Waals surface area contributed by atoms with Gasteiger partial charge in [-0.25, -0.2) is 0 Å². The van der Waals surface area contributed by atoms with Crippen molar-refractivity contribution in [3.63, 3.8) is 0 Å². The Morgan fingerprint density at radius 3 is 2.88 bits per heavy atom. The number of nitrogens with zero attached hydrogens (tertiary/aromatic N) is 3. The van der Waals surface area contributed by atoms with Crippen LogP contribution in [0.15, 0.2) is 35.3 Å². The number of likely N-dealkylation sites (tertiary alicyclic amines) is 1. The second kappa shape index (κ2) is 7.25. The lowest BCUT2D eigenvalue weighted by Gasteiger charge is -2.15. The van der Waals surface area contributed by atoms with Gasteiger partial charge >= 0.3 is 0 Å². The summed E-state index contributed by atoms with van der Waals surface area (Å²) in [6.07, 6.45) is 3.53. The first-order valence-corrected chi connectivity index (χ1v) is 8.14. The van der Waals surface area contributed by atoms with Gasteiger partial charge in [0.1, 0.15) is 6.54 Å². The third-order valence-corrected chi connectivity index (χ3v) is 4.15. The molecule has 2 amide bonds. The van der Waals surface area contributed by atoms with E-state index in [1.165, 1.54) is 10.9 Å². The Morgan fingerprint density at radius 1 is 1.25 bits per heavy atom. The zero-order valence-electron chi connectivity index (χ0n) is 13.4. The number of para-hydroxylation sites is 1. The highest BCUT2D eigenvalue weighted by atomic mass is 16.2. The zero-order valence-corrected chi connectivity index (χ0v) is 13.4. The van der Waals surface area contributed by atoms with Gasteiger partial charge in [0, 0.05) is 31.4 Å². The lowest BCUT2D eigenvalue weighted by atomic mass is 10.2. The highest BCUT2D eigenvalue weighted by molar-refractivity contribution is 5.81. The van der Waals surface area contributed by atoms with Crippen LogP contribution in [0, 0.1) is 0 Å². The van der Waals surface area contributed by atoms with E-state index in [0.29, 0.717) is 30.4 Å². The quantitative estimate of drug-likeness (QED) is 0.784. The van der Waals surface area contributed by atoms with Gasteiger partial charge in [0.25, 0.3) is 0 Å². The van der Waals surface area contributed by atoms with Gasteiger partial charge in [-0.15, -0.1) is 0 Å². The van der Waals surface area contributed by atoms with Crippen LogP contribution in [-0.2, 0) is 16.1 Å². The fourth-order valence-electron chi connectivity index (χ4n) is 2.92. The summed E-state index contributed by atoms with van der Waals surface area (Å²) < 4.78 is 1.52. The largest absolute Gasteiger partial charge is 0.354 e. The average molecular weight is 328 g/mol. The Hall–Kier alpha value is -2.70. The van der Waals surface area contributed by atoms with Crippen LogP contribution in [0.3, 0.4) is 0 Å². The van der Waals surface area contributed by atoms with Gasteiger partial charge in [0.15, 0.2) is 0 Å². The van der Waals surface area contributed by atoms with Crippen molar-refractivity contribution in [2.24, 2.45) is 0 Å². The number of aromatic nitrogens is 2. The fourth-order valence-corrected chi connectivity index (χ4v) is 2.92. The van der Waals surface area contributed by atoms with Crippen LogP contribution in [0.5, 0.6) is 0 Å². The van der Waals surface area contributed by atoms with Gasteiger partial charge in [-0.05, 0) is 25.0 Å². The van der Waals surface area contributed by atoms with Crippen LogP contribution >= 0.6 is 0 Å². The van der Waals surface area contributed by atoms with Crippen LogP contribution in [0.25, 0.3) is 10.9 Å². The molecule has 1 aliphatic rings. The summed E-state index contributed by atoms with van der Waals surface area (Å²) in [4.78, 5) is 37.2. The van der Waals surface area contributed by atoms with Crippen molar-refractivity contribution in [3.05, 3.63) is 40.7 Å². The molecular weight excluding hydrogens is 308 g/mol. The second-order valence-corrected chi connectivity index (χ2v) is 5.87. The van der Waals surface area contributed by atoms with Gasteiger partial charge in [-0.1, -0.05) is 12.1 Å². The average Bonchev–Trinajstić information content (AvgIpc) is 3.00. The van der Waals surface area contributed by atoms with E-state index in [1.807, 2.05) is 11.0 Å². The standard InChI is InChI=1S/C17H20N4O3/c22-15-11-19-21(14-6-2-1-5-13(14)15)12-16(23)18-8-4-10-20-9-3-7-17(20)24/h1-2,5-6,11H,3-4,7-10,12H2,(H,18,23). The van der Waals surface area contributed by atoms with Crippen molar-refractivity contribution in [2.75, 3.05) is 19.6 Å². The number of amides is 2. The molecule has 1 saturated heterocycles. The van der Waals surface area contributed by atoms with Crippen LogP contribution in [0.2, 0.25) is 0 Å². The van der Waals surface area contributed by atoms with Crippen molar-refractivity contribution in [1.82, 2.24) is 20.0 Å². The summed E-state index contributed by atoms with van der Waals surface area (Å²) >= 11 is 0. The molecule has 1 aromatic carbocycles. The van der Waals surface area contributed by atoms with Gasteiger partial charge in [-0.3, -0.25) is 19.1 Å². The van der Waals surface area contributed by atoms with Crippen LogP contribution in [-0.4, -0.2) is 46.1 Å². The van der Waals surface area contributed by atoms with Gasteiger partial charge in [0.2, 0.25) is 17.2 Å². The molecule has 2 aromatic rings. The first-order valence-electron chi connectivity index (χ1n) is 8.14. The number of carbonyl (C=O) groups is 2. The molecule has 7 nitrogen and oxygen atoms in total. The number of hydrogen-bond donors (Lipinski definition) is 1. The number of hydrogen-bond acceptors (Lipinski definition) is 4. The summed E-state index contributed by atoms with van der Waals surface area (Å²) in [5.41, 5.74) is 0.486. The first kappa shape index (κ1) is 16.2. The maximum absolute atomic E-state index is 12.1. The maximum atomic E-state index is 12.1. The molecule has 2 heterocycles. The fraction of sp³-hybridized carbons (Fsp3) is 0.412. The zero-order chi connectivity index (χ0) is 16.9. The van der Waals surface area contributed by atoms with Crippen molar-refractivity contribution in [3.8, 4) is 0 Å². The van der Waals surface area contributed by atoms with Gasteiger partial charge in [-0.2, -0.15) is 5.10 Å². The molecule has 0 atom stereocenters. The van der Waals surface area contributed by atoms with Crippen LogP contribution in [0.1, 0.15) is 19.3 Å². The SMILES string of the molecule is O=C(Cn1ncc(=O)c2ccccc21)NCCCN1CCCC1=O. The Labute approximate surface area is 139 Å². The topological polar surface area (TPSA) is 84.3 Å². The number of nitrogens with one attached hydrogen (secondary N) is 1. The Morgan fingerprint density at radius 2 is 2.08 bits per heavy atom. The number of benzene rings is 1. The molecule has 1 N–H and O–H groups in total. The second-order valence-electron chi connectivity index (χ2n) is 5.87. The summed E-state index contributed by atoms with van der Waals surface area (Å²) in [7, 11) is 0. The summed E-state index contributed by atoms with van der Waals surface area (Å²) in [5.74, 6) is 0.0364. The third kappa shape index (κ3) is 3.61. The van der Waals surface area contributed by atoms with Gasteiger partial charge < -0.3 is 10.2 Å². The van der Waals surface area contributed by atoms with Crippen molar-refractivity contribution in [1.29, 1.82) is 0 Å². The molecular formula is C17H20N4O3. The molecule has 1 fully saturated rings. The molecule has 1 aliphatic heterocycles. The highest BCUT2D eigenvalue weighted by Gasteiger charge is 2.19. The van der Waals surface area contributed by atoms with E-state index in [-0.39, 0.29) is 23.8 Å². The molecule has 0 aliphatic carbocycles. The van der Waals surface area contributed by atoms with Gasteiger partial charge in [0.05, 0.1) is 11.7 Å². The number of fused-ring (bicyclic) bond motifs is 1. The van der Waals surface area contributed by atoms with Crippen LogP contribution in [0.4, 0.5) is 0 Å². The predicted octanol–water partition coefficient (Wildman–Crippen LogP) is 0.525. The Balaban J connectivity index is 1.53. The van der Waals surface area contributed by atoms with E-state index in [1.54, 1.807) is 18.2 Å². The lowest BCUT2D eigenvalue weighted by Crippen LogP contribution is -2.33. The predicted molar refractivity (Wildman–Crippen MR) is 89.4 cm³/mol. The summed E-state index contributed by atoms with van der Waals surface area (Å²) in [5, 5.41) is 7.42. The van der Waals surface area contributed by atoms with Crippen molar-refractivity contribution < 1.29 is 9.59 Å². The van der Waals surface area contributed by atoms with E-state index in [0.717, 1.165) is 19.4 Å². The molecule has 3 rings (SSSR count).